The highest BCUT2D eigenvalue weighted by Gasteiger charge is 2.31. The lowest BCUT2D eigenvalue weighted by Gasteiger charge is -2.43. The van der Waals surface area contributed by atoms with Gasteiger partial charge in [-0.2, -0.15) is 0 Å². The highest BCUT2D eigenvalue weighted by Crippen LogP contribution is 2.34. The molecule has 0 bridgehead atoms. The molecular weight excluding hydrogens is 505 g/mol. The Hall–Kier alpha value is -2.21. The summed E-state index contributed by atoms with van der Waals surface area (Å²) in [5.41, 5.74) is 0.399. The number of para-hydroxylation sites is 1. The lowest BCUT2D eigenvalue weighted by atomic mass is 9.94. The number of morpholine rings is 1. The number of piperidine rings is 1. The van der Waals surface area contributed by atoms with Crippen molar-refractivity contribution in [1.29, 1.82) is 0 Å². The van der Waals surface area contributed by atoms with Crippen molar-refractivity contribution in [2.45, 2.75) is 48.6 Å². The maximum absolute atomic E-state index is 15.0. The van der Waals surface area contributed by atoms with Crippen molar-refractivity contribution >= 4 is 31.2 Å². The second kappa shape index (κ2) is 10.6. The number of benzene rings is 2. The fourth-order valence-corrected chi connectivity index (χ4v) is 6.72. The van der Waals surface area contributed by atoms with Gasteiger partial charge in [0, 0.05) is 38.0 Å². The number of anilines is 2. The fourth-order valence-electron chi connectivity index (χ4n) is 5.02. The number of hydrogen-bond acceptors (Lipinski definition) is 7. The van der Waals surface area contributed by atoms with E-state index >= 15 is 4.39 Å². The first-order chi connectivity index (χ1) is 17.0. The molecular formula is C25H34FN3O5S2. The van der Waals surface area contributed by atoms with E-state index in [9.17, 15) is 16.8 Å². The average molecular weight is 540 g/mol. The molecule has 0 aromatic heterocycles. The van der Waals surface area contributed by atoms with Gasteiger partial charge in [0.2, 0.25) is 0 Å². The summed E-state index contributed by atoms with van der Waals surface area (Å²) in [5, 5.41) is 0. The van der Waals surface area contributed by atoms with Crippen LogP contribution in [0.2, 0.25) is 0 Å². The molecule has 198 valence electrons. The largest absolute Gasteiger partial charge is 0.378 e. The summed E-state index contributed by atoms with van der Waals surface area (Å²) in [6, 6.07) is 10.0. The SMILES string of the molecule is C[C@@H]1COC[C@@H](C)N1CC1CCN(c2c(F)cccc2NS(=O)(=O)c2ccc(S(C)(=O)=O)cc2)CC1. The number of ether oxygens (including phenoxy) is 1. The van der Waals surface area contributed by atoms with Crippen molar-refractivity contribution in [3.63, 3.8) is 0 Å². The molecule has 1 N–H and O–H groups in total. The molecule has 0 spiro atoms. The predicted molar refractivity (Wildman–Crippen MR) is 138 cm³/mol. The molecule has 0 saturated carbocycles. The Balaban J connectivity index is 1.47. The van der Waals surface area contributed by atoms with Crippen LogP contribution >= 0.6 is 0 Å². The maximum Gasteiger partial charge on any atom is 0.261 e. The van der Waals surface area contributed by atoms with Crippen molar-refractivity contribution in [1.82, 2.24) is 4.90 Å². The predicted octanol–water partition coefficient (Wildman–Crippen LogP) is 3.36. The van der Waals surface area contributed by atoms with E-state index in [-0.39, 0.29) is 21.2 Å². The van der Waals surface area contributed by atoms with Gasteiger partial charge in [0.1, 0.15) is 5.82 Å². The van der Waals surface area contributed by atoms with Crippen LogP contribution in [0.4, 0.5) is 15.8 Å². The van der Waals surface area contributed by atoms with Crippen molar-refractivity contribution in [3.8, 4) is 0 Å². The third-order valence-corrected chi connectivity index (χ3v) is 9.55. The summed E-state index contributed by atoms with van der Waals surface area (Å²) in [6.45, 7) is 8.04. The Bertz CT molecular complexity index is 1270. The highest BCUT2D eigenvalue weighted by molar-refractivity contribution is 7.92. The smallest absolute Gasteiger partial charge is 0.261 e. The van der Waals surface area contributed by atoms with Gasteiger partial charge in [-0.15, -0.1) is 0 Å². The van der Waals surface area contributed by atoms with Gasteiger partial charge in [0.25, 0.3) is 10.0 Å². The van der Waals surface area contributed by atoms with Crippen LogP contribution in [0.3, 0.4) is 0 Å². The van der Waals surface area contributed by atoms with E-state index in [1.54, 1.807) is 6.07 Å². The number of sulfone groups is 1. The lowest BCUT2D eigenvalue weighted by molar-refractivity contribution is -0.0444. The number of nitrogens with zero attached hydrogens (tertiary/aromatic N) is 2. The number of rotatable bonds is 7. The molecule has 2 aliphatic rings. The van der Waals surface area contributed by atoms with E-state index < -0.39 is 25.7 Å². The molecule has 2 saturated heterocycles. The molecule has 36 heavy (non-hydrogen) atoms. The standard InChI is InChI=1S/C25H34FN3O5S2/c1-18-16-34-17-19(2)29(18)15-20-11-13-28(14-12-20)25-23(26)5-4-6-24(25)27-36(32,33)22-9-7-21(8-10-22)35(3,30)31/h4-10,18-20,27H,11-17H2,1-3H3/t18-,19-/m1/s1. The minimum atomic E-state index is -4.05. The molecule has 0 unspecified atom stereocenters. The molecule has 2 atom stereocenters. The van der Waals surface area contributed by atoms with Crippen molar-refractivity contribution in [2.24, 2.45) is 5.92 Å². The Labute approximate surface area is 213 Å². The lowest BCUT2D eigenvalue weighted by Crippen LogP contribution is -2.52. The highest BCUT2D eigenvalue weighted by atomic mass is 32.2. The molecule has 8 nitrogen and oxygen atoms in total. The van der Waals surface area contributed by atoms with E-state index in [0.717, 1.165) is 38.9 Å². The van der Waals surface area contributed by atoms with Gasteiger partial charge in [-0.3, -0.25) is 9.62 Å². The van der Waals surface area contributed by atoms with Crippen molar-refractivity contribution < 1.29 is 26.0 Å². The summed E-state index contributed by atoms with van der Waals surface area (Å²) in [4.78, 5) is 4.32. The molecule has 2 heterocycles. The molecule has 2 fully saturated rings. The monoisotopic (exact) mass is 539 g/mol. The second-order valence-electron chi connectivity index (χ2n) is 9.85. The Morgan fingerprint density at radius 1 is 0.944 bits per heavy atom. The van der Waals surface area contributed by atoms with Gasteiger partial charge >= 0.3 is 0 Å². The quantitative estimate of drug-likeness (QED) is 0.577. The van der Waals surface area contributed by atoms with Gasteiger partial charge in [-0.25, -0.2) is 21.2 Å². The summed E-state index contributed by atoms with van der Waals surface area (Å²) in [7, 11) is -7.50. The van der Waals surface area contributed by atoms with Crippen LogP contribution in [0.25, 0.3) is 0 Å². The van der Waals surface area contributed by atoms with Crippen LogP contribution in [0, 0.1) is 11.7 Å². The second-order valence-corrected chi connectivity index (χ2v) is 13.5. The summed E-state index contributed by atoms with van der Waals surface area (Å²) in [6.07, 6.45) is 2.81. The Kier molecular flexibility index (Phi) is 7.94. The molecule has 2 aromatic carbocycles. The van der Waals surface area contributed by atoms with Crippen LogP contribution in [-0.4, -0.2) is 72.9 Å². The molecule has 2 aliphatic heterocycles. The van der Waals surface area contributed by atoms with Crippen LogP contribution < -0.4 is 9.62 Å². The number of nitrogens with one attached hydrogen (secondary N) is 1. The van der Waals surface area contributed by atoms with Gasteiger partial charge < -0.3 is 9.64 Å². The summed E-state index contributed by atoms with van der Waals surface area (Å²) >= 11 is 0. The minimum absolute atomic E-state index is 0.0247. The molecule has 0 aliphatic carbocycles. The van der Waals surface area contributed by atoms with E-state index in [2.05, 4.69) is 23.5 Å². The maximum atomic E-state index is 15.0. The normalized spacial score (nSPS) is 22.5. The van der Waals surface area contributed by atoms with Gasteiger partial charge in [-0.05, 0) is 69.0 Å². The third kappa shape index (κ3) is 6.01. The van der Waals surface area contributed by atoms with Gasteiger partial charge in [-0.1, -0.05) is 6.07 Å². The van der Waals surface area contributed by atoms with Crippen LogP contribution in [0.15, 0.2) is 52.3 Å². The summed E-state index contributed by atoms with van der Waals surface area (Å²) < 4.78 is 72.6. The van der Waals surface area contributed by atoms with E-state index in [1.807, 2.05) is 4.90 Å². The van der Waals surface area contributed by atoms with Crippen LogP contribution in [0.5, 0.6) is 0 Å². The van der Waals surface area contributed by atoms with Gasteiger partial charge in [0.05, 0.1) is 34.4 Å². The van der Waals surface area contributed by atoms with E-state index in [0.29, 0.717) is 31.1 Å². The van der Waals surface area contributed by atoms with Crippen molar-refractivity contribution in [3.05, 3.63) is 48.3 Å². The van der Waals surface area contributed by atoms with Crippen molar-refractivity contribution in [2.75, 3.05) is 48.7 Å². The topological polar surface area (TPSA) is 96.0 Å². The first-order valence-corrected chi connectivity index (χ1v) is 15.5. The molecule has 0 radical (unpaired) electrons. The van der Waals surface area contributed by atoms with Crippen LogP contribution in [0.1, 0.15) is 26.7 Å². The van der Waals surface area contributed by atoms with Crippen LogP contribution in [-0.2, 0) is 24.6 Å². The summed E-state index contributed by atoms with van der Waals surface area (Å²) in [5.74, 6) is -0.0129. The first kappa shape index (κ1) is 26.8. The molecule has 2 aromatic rings. The zero-order chi connectivity index (χ0) is 26.1. The third-order valence-electron chi connectivity index (χ3n) is 7.04. The zero-order valence-corrected chi connectivity index (χ0v) is 22.5. The minimum Gasteiger partial charge on any atom is -0.378 e. The molecule has 4 rings (SSSR count). The Morgan fingerprint density at radius 2 is 1.53 bits per heavy atom. The first-order valence-electron chi connectivity index (χ1n) is 12.2. The average Bonchev–Trinajstić information content (AvgIpc) is 2.82. The fraction of sp³-hybridized carbons (Fsp3) is 0.520. The van der Waals surface area contributed by atoms with E-state index in [4.69, 9.17) is 4.74 Å². The number of hydrogen-bond donors (Lipinski definition) is 1. The number of halogens is 1. The molecule has 0 amide bonds. The van der Waals surface area contributed by atoms with E-state index in [1.165, 1.54) is 36.4 Å². The number of sulfonamides is 1. The van der Waals surface area contributed by atoms with Gasteiger partial charge in [0.15, 0.2) is 9.84 Å². The Morgan fingerprint density at radius 3 is 2.11 bits per heavy atom. The zero-order valence-electron chi connectivity index (χ0n) is 20.9. The molecule has 11 heteroatoms.